The molecule has 0 aliphatic heterocycles. The van der Waals surface area contributed by atoms with Crippen molar-refractivity contribution in [3.8, 4) is 5.75 Å². The lowest BCUT2D eigenvalue weighted by Gasteiger charge is -2.23. The molecular formula is C22H23FN2O4S2. The number of sulfonamides is 1. The number of nitrogens with zero attached hydrogens (tertiary/aromatic N) is 1. The summed E-state index contributed by atoms with van der Waals surface area (Å²) < 4.78 is 45.9. The van der Waals surface area contributed by atoms with Crippen LogP contribution in [0.1, 0.15) is 12.0 Å². The maximum atomic E-state index is 13.3. The Hall–Kier alpha value is -2.91. The maximum Gasteiger partial charge on any atom is 0.274 e. The van der Waals surface area contributed by atoms with Gasteiger partial charge in [-0.25, -0.2) is 12.8 Å². The number of hydrogen-bond donors (Lipinski definition) is 1. The summed E-state index contributed by atoms with van der Waals surface area (Å²) >= 11 is 1.06. The van der Waals surface area contributed by atoms with Crippen LogP contribution in [0.25, 0.3) is 0 Å². The number of benzene rings is 2. The molecule has 0 saturated carbocycles. The fraction of sp³-hybridized carbons (Fsp3) is 0.227. The first-order valence-electron chi connectivity index (χ1n) is 9.62. The zero-order chi connectivity index (χ0) is 22.3. The fourth-order valence-electron chi connectivity index (χ4n) is 3.04. The molecule has 1 amide bonds. The Labute approximate surface area is 185 Å². The second-order valence-electron chi connectivity index (χ2n) is 6.69. The lowest BCUT2D eigenvalue weighted by molar-refractivity contribution is -0.119. The number of halogens is 1. The number of hydrogen-bond acceptors (Lipinski definition) is 5. The Balaban J connectivity index is 1.65. The topological polar surface area (TPSA) is 75.7 Å². The Morgan fingerprint density at radius 2 is 1.84 bits per heavy atom. The van der Waals surface area contributed by atoms with E-state index in [9.17, 15) is 17.6 Å². The van der Waals surface area contributed by atoms with E-state index in [0.29, 0.717) is 19.4 Å². The second-order valence-corrected chi connectivity index (χ2v) is 9.72. The number of carbonyl (C=O) groups excluding carboxylic acids is 1. The van der Waals surface area contributed by atoms with E-state index in [0.717, 1.165) is 39.1 Å². The number of ether oxygens (including phenoxy) is 1. The largest absolute Gasteiger partial charge is 0.496 e. The van der Waals surface area contributed by atoms with Crippen molar-refractivity contribution in [2.75, 3.05) is 24.5 Å². The van der Waals surface area contributed by atoms with Gasteiger partial charge < -0.3 is 10.1 Å². The van der Waals surface area contributed by atoms with Gasteiger partial charge in [0.05, 0.1) is 12.8 Å². The third kappa shape index (κ3) is 5.83. The molecule has 0 radical (unpaired) electrons. The Morgan fingerprint density at radius 3 is 2.52 bits per heavy atom. The third-order valence-electron chi connectivity index (χ3n) is 4.58. The summed E-state index contributed by atoms with van der Waals surface area (Å²) in [5, 5.41) is 4.41. The van der Waals surface area contributed by atoms with Crippen LogP contribution in [-0.2, 0) is 21.2 Å². The molecule has 31 heavy (non-hydrogen) atoms. The monoisotopic (exact) mass is 462 g/mol. The lowest BCUT2D eigenvalue weighted by atomic mass is 10.1. The smallest absolute Gasteiger partial charge is 0.274 e. The lowest BCUT2D eigenvalue weighted by Crippen LogP contribution is -2.41. The van der Waals surface area contributed by atoms with Crippen LogP contribution in [0.4, 0.5) is 10.1 Å². The Morgan fingerprint density at radius 1 is 1.10 bits per heavy atom. The molecule has 0 aliphatic carbocycles. The number of rotatable bonds is 10. The van der Waals surface area contributed by atoms with E-state index >= 15 is 0 Å². The van der Waals surface area contributed by atoms with Gasteiger partial charge in [0, 0.05) is 6.54 Å². The molecule has 3 rings (SSSR count). The number of aryl methyl sites for hydroxylation is 1. The summed E-state index contributed by atoms with van der Waals surface area (Å²) in [4.78, 5) is 12.5. The van der Waals surface area contributed by atoms with E-state index in [4.69, 9.17) is 4.74 Å². The van der Waals surface area contributed by atoms with Crippen molar-refractivity contribution >= 4 is 33.0 Å². The quantitative estimate of drug-likeness (QED) is 0.465. The van der Waals surface area contributed by atoms with Crippen molar-refractivity contribution in [2.45, 2.75) is 17.1 Å². The van der Waals surface area contributed by atoms with Crippen molar-refractivity contribution in [3.05, 3.63) is 77.4 Å². The van der Waals surface area contributed by atoms with Crippen LogP contribution in [0.15, 0.2) is 70.3 Å². The van der Waals surface area contributed by atoms with E-state index in [1.807, 2.05) is 24.3 Å². The molecule has 1 N–H and O–H groups in total. The average Bonchev–Trinajstić information content (AvgIpc) is 3.32. The molecule has 0 saturated heterocycles. The molecule has 0 atom stereocenters. The summed E-state index contributed by atoms with van der Waals surface area (Å²) in [6.45, 7) is -0.0201. The van der Waals surface area contributed by atoms with Crippen molar-refractivity contribution in [3.63, 3.8) is 0 Å². The molecule has 164 valence electrons. The zero-order valence-corrected chi connectivity index (χ0v) is 18.6. The molecule has 0 bridgehead atoms. The fourth-order valence-corrected chi connectivity index (χ4v) is 5.57. The van der Waals surface area contributed by atoms with Crippen molar-refractivity contribution in [2.24, 2.45) is 0 Å². The van der Waals surface area contributed by atoms with E-state index in [1.165, 1.54) is 18.2 Å². The summed E-state index contributed by atoms with van der Waals surface area (Å²) in [5.41, 5.74) is 1.26. The van der Waals surface area contributed by atoms with Crippen molar-refractivity contribution in [1.29, 1.82) is 0 Å². The normalized spacial score (nSPS) is 11.2. The molecule has 0 aliphatic rings. The van der Waals surface area contributed by atoms with Gasteiger partial charge in [0.2, 0.25) is 5.91 Å². The second kappa shape index (κ2) is 10.4. The van der Waals surface area contributed by atoms with Crippen LogP contribution in [-0.4, -0.2) is 34.5 Å². The van der Waals surface area contributed by atoms with E-state index < -0.39 is 28.3 Å². The number of amides is 1. The number of carbonyl (C=O) groups is 1. The van der Waals surface area contributed by atoms with Gasteiger partial charge >= 0.3 is 0 Å². The van der Waals surface area contributed by atoms with Crippen LogP contribution in [0.3, 0.4) is 0 Å². The van der Waals surface area contributed by atoms with Gasteiger partial charge in [-0.1, -0.05) is 24.3 Å². The third-order valence-corrected chi connectivity index (χ3v) is 7.73. The first-order valence-corrected chi connectivity index (χ1v) is 11.9. The molecule has 1 aromatic heterocycles. The number of methoxy groups -OCH3 is 1. The zero-order valence-electron chi connectivity index (χ0n) is 17.0. The van der Waals surface area contributed by atoms with Crippen LogP contribution in [0, 0.1) is 5.82 Å². The first kappa shape index (κ1) is 22.8. The highest BCUT2D eigenvalue weighted by atomic mass is 32.2. The number of para-hydroxylation sites is 1. The Bertz CT molecular complexity index is 1100. The molecule has 9 heteroatoms. The average molecular weight is 463 g/mol. The van der Waals surface area contributed by atoms with E-state index in [-0.39, 0.29) is 9.90 Å². The van der Waals surface area contributed by atoms with Gasteiger partial charge in [0.25, 0.3) is 10.0 Å². The molecule has 0 unspecified atom stereocenters. The molecule has 1 heterocycles. The summed E-state index contributed by atoms with van der Waals surface area (Å²) in [6, 6.07) is 15.8. The maximum absolute atomic E-state index is 13.3. The van der Waals surface area contributed by atoms with Gasteiger partial charge in [-0.3, -0.25) is 9.10 Å². The minimum atomic E-state index is -3.95. The van der Waals surface area contributed by atoms with Crippen molar-refractivity contribution in [1.82, 2.24) is 5.32 Å². The summed E-state index contributed by atoms with van der Waals surface area (Å²) in [7, 11) is -2.34. The molecule has 0 fully saturated rings. The molecular weight excluding hydrogens is 439 g/mol. The van der Waals surface area contributed by atoms with Crippen LogP contribution in [0.5, 0.6) is 5.75 Å². The summed E-state index contributed by atoms with van der Waals surface area (Å²) in [6.07, 6.45) is 1.37. The minimum Gasteiger partial charge on any atom is -0.496 e. The van der Waals surface area contributed by atoms with Crippen LogP contribution < -0.4 is 14.4 Å². The van der Waals surface area contributed by atoms with Gasteiger partial charge in [-0.2, -0.15) is 0 Å². The first-order chi connectivity index (χ1) is 14.9. The molecule has 3 aromatic rings. The molecule has 2 aromatic carbocycles. The van der Waals surface area contributed by atoms with Gasteiger partial charge in [0.15, 0.2) is 0 Å². The van der Waals surface area contributed by atoms with Gasteiger partial charge in [-0.15, -0.1) is 11.3 Å². The predicted molar refractivity (Wildman–Crippen MR) is 120 cm³/mol. The Kier molecular flexibility index (Phi) is 7.64. The van der Waals surface area contributed by atoms with E-state index in [2.05, 4.69) is 5.32 Å². The highest BCUT2D eigenvalue weighted by Crippen LogP contribution is 2.26. The van der Waals surface area contributed by atoms with Crippen LogP contribution >= 0.6 is 11.3 Å². The standard InChI is InChI=1S/C22H23FN2O4S2/c1-29-20-8-3-2-6-17(20)7-4-14-24-21(26)16-25(19-12-10-18(23)11-13-19)31(27,28)22-9-5-15-30-22/h2-3,5-6,8-13,15H,4,7,14,16H2,1H3,(H,24,26). The summed E-state index contributed by atoms with van der Waals surface area (Å²) in [5.74, 6) is -0.138. The molecule has 0 spiro atoms. The number of thiophene rings is 1. The SMILES string of the molecule is COc1ccccc1CCCNC(=O)CN(c1ccc(F)cc1)S(=O)(=O)c1cccs1. The van der Waals surface area contributed by atoms with Gasteiger partial charge in [-0.05, 0) is 60.2 Å². The molecule has 6 nitrogen and oxygen atoms in total. The predicted octanol–water partition coefficient (Wildman–Crippen LogP) is 3.84. The highest BCUT2D eigenvalue weighted by Gasteiger charge is 2.28. The number of anilines is 1. The highest BCUT2D eigenvalue weighted by molar-refractivity contribution is 7.94. The van der Waals surface area contributed by atoms with Crippen molar-refractivity contribution < 1.29 is 22.3 Å². The van der Waals surface area contributed by atoms with Gasteiger partial charge in [0.1, 0.15) is 22.3 Å². The number of nitrogens with one attached hydrogen (secondary N) is 1. The van der Waals surface area contributed by atoms with E-state index in [1.54, 1.807) is 18.6 Å². The minimum absolute atomic E-state index is 0.112. The van der Waals surface area contributed by atoms with Crippen LogP contribution in [0.2, 0.25) is 0 Å².